The van der Waals surface area contributed by atoms with Crippen molar-refractivity contribution in [3.63, 3.8) is 0 Å². The molecule has 1 aromatic rings. The number of Topliss-reactive ketones (excluding diaryl/α,β-unsaturated/α-hetero) is 4. The predicted molar refractivity (Wildman–Crippen MR) is 343 cm³/mol. The van der Waals surface area contributed by atoms with E-state index >= 15 is 0 Å². The number of nitrogens with one attached hydrogen (secondary N) is 5. The number of ketones is 4. The summed E-state index contributed by atoms with van der Waals surface area (Å²) in [5, 5.41) is 57.5. The number of H-pyrrole nitrogens is 1. The smallest absolute Gasteiger partial charge is 0.326 e. The quantitative estimate of drug-likeness (QED) is 0.0373. The van der Waals surface area contributed by atoms with Gasteiger partial charge < -0.3 is 76.5 Å². The molecular formula is C66H107N7O22. The first-order chi connectivity index (χ1) is 45.6. The minimum absolute atomic E-state index is 0.0360. The van der Waals surface area contributed by atoms with Gasteiger partial charge in [-0.1, -0.05) is 89.9 Å². The van der Waals surface area contributed by atoms with Crippen LogP contribution in [0.25, 0.3) is 0 Å². The van der Waals surface area contributed by atoms with Gasteiger partial charge in [0.15, 0.2) is 11.6 Å². The summed E-state index contributed by atoms with van der Waals surface area (Å²) >= 11 is 0. The lowest BCUT2D eigenvalue weighted by atomic mass is 9.80. The molecule has 0 bridgehead atoms. The Morgan fingerprint density at radius 1 is 0.484 bits per heavy atom. The van der Waals surface area contributed by atoms with Crippen LogP contribution in [-0.4, -0.2) is 196 Å². The molecule has 1 unspecified atom stereocenters. The fraction of sp³-hybridized carbons (Fsp3) is 0.758. The summed E-state index contributed by atoms with van der Waals surface area (Å²) < 4.78 is 21.5. The normalized spacial score (nSPS) is 15.2. The molecule has 29 heteroatoms. The molecule has 0 saturated heterocycles. The fourth-order valence-electron chi connectivity index (χ4n) is 11.1. The van der Waals surface area contributed by atoms with E-state index in [9.17, 15) is 82.8 Å². The SMILES string of the molecule is N[C@@H](Cc1cnc[nH]1)C(=O)C[C@@H](CCCCNC(=O)CC[C@H](CC(=O)CC[C@H](NC(=O)COCCOCCCC(=O)COCCOCCNC(=O)CC[C@H](NC(=O)CCCCCCCCCCCCCCCCC(=O)O)C(=O)O)C(=O)O)C(=O)O)C(=O)C1CCC[C@H]1C(=O)O. The van der Waals surface area contributed by atoms with Crippen LogP contribution in [0.4, 0.5) is 0 Å². The summed E-state index contributed by atoms with van der Waals surface area (Å²) in [6.07, 6.45) is 19.3. The summed E-state index contributed by atoms with van der Waals surface area (Å²) in [5.74, 6) is -12.7. The maximum absolute atomic E-state index is 13.6. The maximum Gasteiger partial charge on any atom is 0.326 e. The minimum atomic E-state index is -1.48. The maximum atomic E-state index is 13.6. The van der Waals surface area contributed by atoms with Crippen molar-refractivity contribution in [1.82, 2.24) is 31.2 Å². The number of carbonyl (C=O) groups excluding carboxylic acids is 8. The molecule has 0 aromatic carbocycles. The monoisotopic (exact) mass is 1350 g/mol. The topological polar surface area (TPSA) is 463 Å². The Balaban J connectivity index is 1.49. The third-order valence-corrected chi connectivity index (χ3v) is 16.5. The first-order valence-electron chi connectivity index (χ1n) is 34.0. The number of carboxylic acids is 5. The van der Waals surface area contributed by atoms with Crippen molar-refractivity contribution >= 4 is 76.6 Å². The van der Waals surface area contributed by atoms with Crippen LogP contribution in [0.5, 0.6) is 0 Å². The van der Waals surface area contributed by atoms with Crippen molar-refractivity contribution in [3.8, 4) is 0 Å². The average molecular weight is 1350 g/mol. The molecule has 1 fully saturated rings. The van der Waals surface area contributed by atoms with Gasteiger partial charge in [0.2, 0.25) is 23.6 Å². The van der Waals surface area contributed by atoms with Crippen LogP contribution in [0.3, 0.4) is 0 Å². The Morgan fingerprint density at radius 2 is 1.02 bits per heavy atom. The molecular weight excluding hydrogens is 1240 g/mol. The van der Waals surface area contributed by atoms with Crippen LogP contribution in [0.2, 0.25) is 0 Å². The van der Waals surface area contributed by atoms with Crippen LogP contribution in [0, 0.1) is 23.7 Å². The van der Waals surface area contributed by atoms with Gasteiger partial charge in [0.05, 0.1) is 57.2 Å². The predicted octanol–water partition coefficient (Wildman–Crippen LogP) is 5.21. The number of aliphatic carboxylic acids is 5. The van der Waals surface area contributed by atoms with Gasteiger partial charge in [0.1, 0.15) is 36.9 Å². The van der Waals surface area contributed by atoms with Crippen molar-refractivity contribution in [3.05, 3.63) is 18.2 Å². The molecule has 538 valence electrons. The van der Waals surface area contributed by atoms with E-state index in [2.05, 4.69) is 31.2 Å². The number of unbranched alkanes of at least 4 members (excludes halogenated alkanes) is 14. The van der Waals surface area contributed by atoms with Crippen molar-refractivity contribution in [1.29, 1.82) is 0 Å². The summed E-state index contributed by atoms with van der Waals surface area (Å²) in [6, 6.07) is -3.57. The number of nitrogens with two attached hydrogens (primary N) is 1. The fourth-order valence-corrected chi connectivity index (χ4v) is 11.1. The van der Waals surface area contributed by atoms with E-state index in [1.165, 1.54) is 38.4 Å². The van der Waals surface area contributed by atoms with Crippen LogP contribution in [-0.2, 0) is 87.7 Å². The number of carboxylic acid groups (broad SMARTS) is 5. The Labute approximate surface area is 556 Å². The molecule has 29 nitrogen and oxygen atoms in total. The van der Waals surface area contributed by atoms with Crippen molar-refractivity contribution < 1.29 is 107 Å². The molecule has 95 heavy (non-hydrogen) atoms. The second-order valence-electron chi connectivity index (χ2n) is 24.5. The number of ether oxygens (including phenoxy) is 4. The molecule has 1 aromatic heterocycles. The number of aromatic amines is 1. The Morgan fingerprint density at radius 3 is 1.60 bits per heavy atom. The van der Waals surface area contributed by atoms with Crippen LogP contribution < -0.4 is 27.0 Å². The van der Waals surface area contributed by atoms with Gasteiger partial charge in [-0.3, -0.25) is 52.7 Å². The number of rotatable bonds is 63. The van der Waals surface area contributed by atoms with Crippen molar-refractivity contribution in [2.24, 2.45) is 29.4 Å². The highest BCUT2D eigenvalue weighted by Gasteiger charge is 2.41. The highest BCUT2D eigenvalue weighted by molar-refractivity contribution is 5.94. The molecule has 2 rings (SSSR count). The minimum Gasteiger partial charge on any atom is -0.481 e. The number of hydrogen-bond donors (Lipinski definition) is 11. The number of amides is 4. The highest BCUT2D eigenvalue weighted by atomic mass is 16.5. The first kappa shape index (κ1) is 84.0. The molecule has 1 saturated carbocycles. The second-order valence-corrected chi connectivity index (χ2v) is 24.5. The molecule has 12 N–H and O–H groups in total. The molecule has 1 heterocycles. The highest BCUT2D eigenvalue weighted by Crippen LogP contribution is 2.36. The zero-order chi connectivity index (χ0) is 70.0. The van der Waals surface area contributed by atoms with Crippen LogP contribution >= 0.6 is 0 Å². The number of imidazole rings is 1. The molecule has 0 radical (unpaired) electrons. The molecule has 4 amide bonds. The third-order valence-electron chi connectivity index (χ3n) is 16.5. The Bertz CT molecular complexity index is 2480. The van der Waals surface area contributed by atoms with Gasteiger partial charge in [-0.25, -0.2) is 14.6 Å². The van der Waals surface area contributed by atoms with E-state index in [-0.39, 0.29) is 160 Å². The van der Waals surface area contributed by atoms with Crippen LogP contribution in [0.1, 0.15) is 211 Å². The van der Waals surface area contributed by atoms with E-state index < -0.39 is 108 Å². The van der Waals surface area contributed by atoms with E-state index in [4.69, 9.17) is 29.8 Å². The summed E-state index contributed by atoms with van der Waals surface area (Å²) in [4.78, 5) is 167. The van der Waals surface area contributed by atoms with Gasteiger partial charge in [-0.05, 0) is 64.2 Å². The Hall–Kier alpha value is -7.08. The zero-order valence-electron chi connectivity index (χ0n) is 55.3. The number of carbonyl (C=O) groups is 13. The van der Waals surface area contributed by atoms with E-state index in [0.29, 0.717) is 50.6 Å². The largest absolute Gasteiger partial charge is 0.481 e. The number of aromatic nitrogens is 2. The molecule has 1 aliphatic rings. The van der Waals surface area contributed by atoms with E-state index in [1.807, 2.05) is 0 Å². The number of nitrogens with zero attached hydrogens (tertiary/aromatic N) is 1. The Kier molecular flexibility index (Phi) is 46.1. The second kappa shape index (κ2) is 52.2. The molecule has 1 aliphatic carbocycles. The molecule has 0 aliphatic heterocycles. The van der Waals surface area contributed by atoms with Gasteiger partial charge in [-0.15, -0.1) is 0 Å². The lowest BCUT2D eigenvalue weighted by molar-refractivity contribution is -0.146. The number of hydrogen-bond acceptors (Lipinski definition) is 19. The van der Waals surface area contributed by atoms with E-state index in [1.54, 1.807) is 6.20 Å². The first-order valence-corrected chi connectivity index (χ1v) is 34.0. The van der Waals surface area contributed by atoms with Gasteiger partial charge in [0.25, 0.3) is 0 Å². The van der Waals surface area contributed by atoms with Crippen molar-refractivity contribution in [2.75, 3.05) is 65.9 Å². The summed E-state index contributed by atoms with van der Waals surface area (Å²) in [6.45, 7) is 0.279. The summed E-state index contributed by atoms with van der Waals surface area (Å²) in [5.41, 5.74) is 6.80. The standard InChI is InChI=1S/C66H107N7O22/c67-53(41-48-42-68-45-71-48)56(76)40-46(62(83)51-21-17-22-52(51)64(86)87)19-15-16-31-69-57(77)29-25-47(63(84)85)39-49(74)26-27-54(65(88)89)73-60(80)44-95-38-35-92-33-18-20-50(75)43-94-37-36-93-34-32-70-58(78)30-28-55(66(90)91)72-59(79)23-13-11-9-7-5-3-1-2-4-6-8-10-12-14-24-61(81)82/h42,45-47,51-55H,1-41,43-44,67H2,(H,68,71)(H,69,77)(H,70,78)(H,72,79)(H,73,80)(H,81,82)(H,84,85)(H,86,87)(H,88,89)(H,90,91)/t46-,47-,51?,52-,53+,54+,55+/m1/s1. The summed E-state index contributed by atoms with van der Waals surface area (Å²) in [7, 11) is 0. The van der Waals surface area contributed by atoms with Crippen molar-refractivity contribution in [2.45, 2.75) is 230 Å². The van der Waals surface area contributed by atoms with E-state index in [0.717, 1.165) is 51.4 Å². The lowest BCUT2D eigenvalue weighted by Crippen LogP contribution is -2.42. The third kappa shape index (κ3) is 42.2. The van der Waals surface area contributed by atoms with Gasteiger partial charge >= 0.3 is 29.8 Å². The molecule has 0 spiro atoms. The van der Waals surface area contributed by atoms with Gasteiger partial charge in [-0.2, -0.15) is 0 Å². The lowest BCUT2D eigenvalue weighted by Gasteiger charge is -2.23. The zero-order valence-corrected chi connectivity index (χ0v) is 55.3. The van der Waals surface area contributed by atoms with Crippen LogP contribution in [0.15, 0.2) is 12.5 Å². The average Bonchev–Trinajstić information content (AvgIpc) is 1.75. The van der Waals surface area contributed by atoms with Gasteiger partial charge in [0, 0.05) is 101 Å². The molecule has 7 atom stereocenters.